The maximum absolute atomic E-state index is 6.20. The lowest BCUT2D eigenvalue weighted by Gasteiger charge is -2.19. The van der Waals surface area contributed by atoms with Gasteiger partial charge in [0.15, 0.2) is 5.82 Å². The molecule has 20 heavy (non-hydrogen) atoms. The van der Waals surface area contributed by atoms with Crippen LogP contribution in [0.1, 0.15) is 26.5 Å². The Morgan fingerprint density at radius 1 is 1.10 bits per heavy atom. The zero-order valence-corrected chi connectivity index (χ0v) is 13.0. The molecule has 1 aromatic carbocycles. The van der Waals surface area contributed by atoms with E-state index >= 15 is 0 Å². The molecule has 6 heteroatoms. The summed E-state index contributed by atoms with van der Waals surface area (Å²) in [4.78, 5) is 8.92. The number of nitrogens with two attached hydrogens (primary N) is 1. The highest BCUT2D eigenvalue weighted by molar-refractivity contribution is 6.35. The van der Waals surface area contributed by atoms with Crippen molar-refractivity contribution >= 4 is 29.0 Å². The Balaban J connectivity index is 2.64. The number of benzene rings is 1. The van der Waals surface area contributed by atoms with Crippen molar-refractivity contribution in [3.63, 3.8) is 0 Å². The second-order valence-electron chi connectivity index (χ2n) is 5.48. The number of aromatic nitrogens is 2. The van der Waals surface area contributed by atoms with Crippen molar-refractivity contribution in [1.82, 2.24) is 9.97 Å². The fraction of sp³-hybridized carbons (Fsp3) is 0.286. The molecular weight excluding hydrogens is 295 g/mol. The van der Waals surface area contributed by atoms with Crippen LogP contribution in [0.4, 0.5) is 5.82 Å². The van der Waals surface area contributed by atoms with Gasteiger partial charge in [0.2, 0.25) is 0 Å². The van der Waals surface area contributed by atoms with Gasteiger partial charge in [0, 0.05) is 22.1 Å². The van der Waals surface area contributed by atoms with Gasteiger partial charge in [-0.15, -0.1) is 0 Å². The van der Waals surface area contributed by atoms with E-state index in [4.69, 9.17) is 29.0 Å². The van der Waals surface area contributed by atoms with E-state index in [2.05, 4.69) is 36.2 Å². The van der Waals surface area contributed by atoms with Gasteiger partial charge in [-0.1, -0.05) is 44.0 Å². The van der Waals surface area contributed by atoms with Crippen molar-refractivity contribution in [2.24, 2.45) is 5.84 Å². The Morgan fingerprint density at radius 3 is 2.40 bits per heavy atom. The summed E-state index contributed by atoms with van der Waals surface area (Å²) in [6.07, 6.45) is 0. The SMILES string of the molecule is CC(C)(C)c1cc(NN)nc(-c2cc(Cl)ccc2Cl)n1. The lowest BCUT2D eigenvalue weighted by Crippen LogP contribution is -2.17. The zero-order valence-electron chi connectivity index (χ0n) is 11.5. The van der Waals surface area contributed by atoms with Crippen molar-refractivity contribution in [2.45, 2.75) is 26.2 Å². The molecule has 0 saturated carbocycles. The number of nitrogens with zero attached hydrogens (tertiary/aromatic N) is 2. The van der Waals surface area contributed by atoms with Crippen LogP contribution < -0.4 is 11.3 Å². The molecule has 0 atom stereocenters. The minimum absolute atomic E-state index is 0.131. The maximum Gasteiger partial charge on any atom is 0.163 e. The van der Waals surface area contributed by atoms with Crippen LogP contribution in [0.25, 0.3) is 11.4 Å². The van der Waals surface area contributed by atoms with Crippen molar-refractivity contribution in [3.05, 3.63) is 40.0 Å². The van der Waals surface area contributed by atoms with Gasteiger partial charge in [-0.2, -0.15) is 0 Å². The van der Waals surface area contributed by atoms with E-state index in [1.165, 1.54) is 0 Å². The third-order valence-corrected chi connectivity index (χ3v) is 3.38. The Morgan fingerprint density at radius 2 is 1.80 bits per heavy atom. The van der Waals surface area contributed by atoms with Crippen molar-refractivity contribution < 1.29 is 0 Å². The molecule has 2 rings (SSSR count). The molecule has 0 fully saturated rings. The summed E-state index contributed by atoms with van der Waals surface area (Å²) < 4.78 is 0. The molecule has 0 aliphatic carbocycles. The van der Waals surface area contributed by atoms with E-state index in [1.54, 1.807) is 18.2 Å². The highest BCUT2D eigenvalue weighted by Gasteiger charge is 2.19. The molecular formula is C14H16Cl2N4. The first-order valence-corrected chi connectivity index (χ1v) is 6.88. The lowest BCUT2D eigenvalue weighted by molar-refractivity contribution is 0.568. The highest BCUT2D eigenvalue weighted by atomic mass is 35.5. The second-order valence-corrected chi connectivity index (χ2v) is 6.32. The quantitative estimate of drug-likeness (QED) is 0.649. The number of hydrazine groups is 1. The third-order valence-electron chi connectivity index (χ3n) is 2.81. The molecule has 106 valence electrons. The van der Waals surface area contributed by atoms with Crippen LogP contribution in [-0.4, -0.2) is 9.97 Å². The van der Waals surface area contributed by atoms with E-state index in [9.17, 15) is 0 Å². The minimum Gasteiger partial charge on any atom is -0.308 e. The Hall–Kier alpha value is -1.36. The third kappa shape index (κ3) is 3.20. The predicted octanol–water partition coefficient (Wildman–Crippen LogP) is 4.03. The van der Waals surface area contributed by atoms with Crippen LogP contribution in [0.2, 0.25) is 10.0 Å². The van der Waals surface area contributed by atoms with Crippen LogP contribution in [-0.2, 0) is 5.41 Å². The summed E-state index contributed by atoms with van der Waals surface area (Å²) in [6, 6.07) is 7.01. The lowest BCUT2D eigenvalue weighted by atomic mass is 9.92. The highest BCUT2D eigenvalue weighted by Crippen LogP contribution is 2.31. The van der Waals surface area contributed by atoms with Gasteiger partial charge in [-0.3, -0.25) is 0 Å². The summed E-state index contributed by atoms with van der Waals surface area (Å²) in [7, 11) is 0. The molecule has 3 N–H and O–H groups in total. The van der Waals surface area contributed by atoms with Crippen molar-refractivity contribution in [2.75, 3.05) is 5.43 Å². The van der Waals surface area contributed by atoms with Gasteiger partial charge < -0.3 is 5.43 Å². The maximum atomic E-state index is 6.20. The van der Waals surface area contributed by atoms with Crippen LogP contribution in [0.15, 0.2) is 24.3 Å². The summed E-state index contributed by atoms with van der Waals surface area (Å²) in [6.45, 7) is 6.21. The largest absolute Gasteiger partial charge is 0.308 e. The van der Waals surface area contributed by atoms with Crippen molar-refractivity contribution in [1.29, 1.82) is 0 Å². The predicted molar refractivity (Wildman–Crippen MR) is 84.0 cm³/mol. The number of nitrogens with one attached hydrogen (secondary N) is 1. The Bertz CT molecular complexity index is 636. The first kappa shape index (κ1) is 15.0. The van der Waals surface area contributed by atoms with Gasteiger partial charge in [0.1, 0.15) is 5.82 Å². The molecule has 1 heterocycles. The summed E-state index contributed by atoms with van der Waals surface area (Å²) in [5.41, 5.74) is 3.98. The van der Waals surface area contributed by atoms with Gasteiger partial charge in [0.05, 0.1) is 10.7 Å². The number of rotatable bonds is 2. The van der Waals surface area contributed by atoms with Crippen LogP contribution in [0.5, 0.6) is 0 Å². The van der Waals surface area contributed by atoms with Crippen molar-refractivity contribution in [3.8, 4) is 11.4 Å². The van der Waals surface area contributed by atoms with Gasteiger partial charge in [-0.05, 0) is 18.2 Å². The summed E-state index contributed by atoms with van der Waals surface area (Å²) in [5, 5.41) is 1.12. The molecule has 0 amide bonds. The normalized spacial score (nSPS) is 11.5. The van der Waals surface area contributed by atoms with Gasteiger partial charge in [0.25, 0.3) is 0 Å². The van der Waals surface area contributed by atoms with E-state index < -0.39 is 0 Å². The summed E-state index contributed by atoms with van der Waals surface area (Å²) in [5.74, 6) is 6.51. The number of hydrogen-bond acceptors (Lipinski definition) is 4. The molecule has 0 radical (unpaired) electrons. The monoisotopic (exact) mass is 310 g/mol. The topological polar surface area (TPSA) is 63.8 Å². The first-order chi connectivity index (χ1) is 9.31. The van der Waals surface area contributed by atoms with Gasteiger partial charge >= 0.3 is 0 Å². The average Bonchev–Trinajstić information content (AvgIpc) is 2.40. The van der Waals surface area contributed by atoms with E-state index in [-0.39, 0.29) is 5.41 Å². The standard InChI is InChI=1S/C14H16Cl2N4/c1-14(2,3)11-7-12(20-17)19-13(18-11)9-6-8(15)4-5-10(9)16/h4-7H,17H2,1-3H3,(H,18,19,20). The fourth-order valence-electron chi connectivity index (χ4n) is 1.69. The van der Waals surface area contributed by atoms with Crippen LogP contribution >= 0.6 is 23.2 Å². The zero-order chi connectivity index (χ0) is 14.9. The first-order valence-electron chi connectivity index (χ1n) is 6.13. The van der Waals surface area contributed by atoms with E-state index in [0.29, 0.717) is 27.3 Å². The van der Waals surface area contributed by atoms with E-state index in [0.717, 1.165) is 5.69 Å². The Labute approximate surface area is 128 Å². The molecule has 0 saturated heterocycles. The molecule has 0 aliphatic heterocycles. The van der Waals surface area contributed by atoms with Crippen LogP contribution in [0, 0.1) is 0 Å². The molecule has 0 unspecified atom stereocenters. The molecule has 0 spiro atoms. The molecule has 4 nitrogen and oxygen atoms in total. The summed E-state index contributed by atoms with van der Waals surface area (Å²) >= 11 is 12.2. The van der Waals surface area contributed by atoms with Crippen LogP contribution in [0.3, 0.4) is 0 Å². The number of anilines is 1. The number of halogens is 2. The fourth-order valence-corrected chi connectivity index (χ4v) is 2.07. The molecule has 1 aromatic heterocycles. The van der Waals surface area contributed by atoms with E-state index in [1.807, 2.05) is 6.07 Å². The smallest absolute Gasteiger partial charge is 0.163 e. The number of hydrogen-bond donors (Lipinski definition) is 2. The molecule has 0 bridgehead atoms. The average molecular weight is 311 g/mol. The minimum atomic E-state index is -0.131. The second kappa shape index (κ2) is 5.56. The molecule has 2 aromatic rings. The molecule has 0 aliphatic rings. The Kier molecular flexibility index (Phi) is 4.18. The number of nitrogen functional groups attached to an aromatic ring is 1. The van der Waals surface area contributed by atoms with Gasteiger partial charge in [-0.25, -0.2) is 15.8 Å².